The molecule has 1 unspecified atom stereocenters. The second-order valence-electron chi connectivity index (χ2n) is 8.98. The minimum absolute atomic E-state index is 0.112. The van der Waals surface area contributed by atoms with Crippen LogP contribution in [0.15, 0.2) is 30.3 Å². The molecule has 0 saturated heterocycles. The third-order valence-electron chi connectivity index (χ3n) is 5.95. The first-order valence-corrected chi connectivity index (χ1v) is 13.2. The molecule has 4 nitrogen and oxygen atoms in total. The number of unbranched alkanes of at least 4 members (excludes halogenated alkanes) is 14. The first-order chi connectivity index (χ1) is 15.8. The Morgan fingerprint density at radius 2 is 1.28 bits per heavy atom. The number of hydrogen-bond acceptors (Lipinski definition) is 4. The molecule has 1 atom stereocenters. The highest BCUT2D eigenvalue weighted by Gasteiger charge is 2.12. The second kappa shape index (κ2) is 21.5. The van der Waals surface area contributed by atoms with Gasteiger partial charge in [0.05, 0.1) is 13.2 Å². The first kappa shape index (κ1) is 28.6. The van der Waals surface area contributed by atoms with Gasteiger partial charge in [0.1, 0.15) is 12.7 Å². The topological polar surface area (TPSA) is 55.8 Å². The summed E-state index contributed by atoms with van der Waals surface area (Å²) >= 11 is 0. The summed E-state index contributed by atoms with van der Waals surface area (Å²) in [6.45, 7) is 2.64. The van der Waals surface area contributed by atoms with Crippen LogP contribution in [-0.2, 0) is 20.9 Å². The Bertz CT molecular complexity index is 531. The molecule has 4 heteroatoms. The molecule has 0 bridgehead atoms. The molecule has 0 fully saturated rings. The molecule has 0 aliphatic rings. The molecule has 1 rings (SSSR count). The summed E-state index contributed by atoms with van der Waals surface area (Å²) in [5.41, 5.74) is 1.04. The largest absolute Gasteiger partial charge is 0.463 e. The fraction of sp³-hybridized carbons (Fsp3) is 0.750. The lowest BCUT2D eigenvalue weighted by Gasteiger charge is -2.15. The monoisotopic (exact) mass is 448 g/mol. The summed E-state index contributed by atoms with van der Waals surface area (Å²) in [6, 6.07) is 9.79. The predicted molar refractivity (Wildman–Crippen MR) is 133 cm³/mol. The van der Waals surface area contributed by atoms with E-state index >= 15 is 0 Å². The van der Waals surface area contributed by atoms with Crippen molar-refractivity contribution < 1.29 is 19.4 Å². The molecule has 0 saturated carbocycles. The number of aliphatic hydroxyl groups is 1. The van der Waals surface area contributed by atoms with Crippen molar-refractivity contribution in [1.82, 2.24) is 0 Å². The molecule has 1 aromatic carbocycles. The summed E-state index contributed by atoms with van der Waals surface area (Å²) in [4.78, 5) is 11.9. The predicted octanol–water partition coefficient (Wildman–Crippen LogP) is 7.37. The lowest BCUT2D eigenvalue weighted by Crippen LogP contribution is -2.25. The van der Waals surface area contributed by atoms with Crippen LogP contribution in [0.4, 0.5) is 0 Å². The van der Waals surface area contributed by atoms with E-state index in [1.807, 2.05) is 30.3 Å². The first-order valence-electron chi connectivity index (χ1n) is 13.2. The number of rotatable bonds is 22. The Balaban J connectivity index is 1.86. The minimum atomic E-state index is -0.472. The maximum atomic E-state index is 11.9. The van der Waals surface area contributed by atoms with E-state index in [2.05, 4.69) is 6.92 Å². The highest BCUT2D eigenvalue weighted by Crippen LogP contribution is 2.14. The van der Waals surface area contributed by atoms with Gasteiger partial charge in [-0.3, -0.25) is 4.79 Å². The lowest BCUT2D eigenvalue weighted by atomic mass is 10.0. The number of hydrogen-bond donors (Lipinski definition) is 1. The van der Waals surface area contributed by atoms with Gasteiger partial charge in [-0.2, -0.15) is 0 Å². The zero-order chi connectivity index (χ0) is 23.1. The standard InChI is InChI=1S/C28H48O4/c1-2-3-4-5-6-7-8-9-10-11-12-13-14-15-19-22-28(30)32-25-27(23-29)31-24-26-20-17-16-18-21-26/h16-18,20-21,27,29H,2-15,19,22-25H2,1H3. The number of carbonyl (C=O) groups is 1. The third kappa shape index (κ3) is 17.2. The van der Waals surface area contributed by atoms with Crippen molar-refractivity contribution in [2.45, 2.75) is 122 Å². The van der Waals surface area contributed by atoms with Crippen LogP contribution in [0.25, 0.3) is 0 Å². The second-order valence-corrected chi connectivity index (χ2v) is 8.98. The summed E-state index contributed by atoms with van der Waals surface area (Å²) in [7, 11) is 0. The molecular weight excluding hydrogens is 400 g/mol. The average molecular weight is 449 g/mol. The van der Waals surface area contributed by atoms with Gasteiger partial charge in [-0.25, -0.2) is 0 Å². The molecule has 0 aliphatic carbocycles. The Morgan fingerprint density at radius 1 is 0.781 bits per heavy atom. The number of esters is 1. The van der Waals surface area contributed by atoms with Gasteiger partial charge in [0.2, 0.25) is 0 Å². The van der Waals surface area contributed by atoms with Gasteiger partial charge < -0.3 is 14.6 Å². The van der Waals surface area contributed by atoms with Crippen molar-refractivity contribution >= 4 is 5.97 Å². The van der Waals surface area contributed by atoms with E-state index in [1.54, 1.807) is 0 Å². The van der Waals surface area contributed by atoms with Gasteiger partial charge in [-0.15, -0.1) is 0 Å². The van der Waals surface area contributed by atoms with Gasteiger partial charge in [0, 0.05) is 6.42 Å². The van der Waals surface area contributed by atoms with Crippen molar-refractivity contribution in [2.75, 3.05) is 13.2 Å². The highest BCUT2D eigenvalue weighted by atomic mass is 16.6. The number of benzene rings is 1. The quantitative estimate of drug-likeness (QED) is 0.149. The molecule has 1 aromatic rings. The van der Waals surface area contributed by atoms with Crippen molar-refractivity contribution in [3.8, 4) is 0 Å². The van der Waals surface area contributed by atoms with Crippen LogP contribution in [0.1, 0.15) is 115 Å². The molecule has 0 heterocycles. The maximum absolute atomic E-state index is 11.9. The van der Waals surface area contributed by atoms with Crippen molar-refractivity contribution in [3.63, 3.8) is 0 Å². The van der Waals surface area contributed by atoms with E-state index in [1.165, 1.54) is 83.5 Å². The van der Waals surface area contributed by atoms with Crippen LogP contribution in [0.2, 0.25) is 0 Å². The Kier molecular flexibility index (Phi) is 19.2. The number of carbonyl (C=O) groups excluding carboxylic acids is 1. The smallest absolute Gasteiger partial charge is 0.305 e. The molecule has 0 spiro atoms. The van der Waals surface area contributed by atoms with Crippen LogP contribution in [-0.4, -0.2) is 30.4 Å². The van der Waals surface area contributed by atoms with Crippen LogP contribution in [0, 0.1) is 0 Å². The Morgan fingerprint density at radius 3 is 1.78 bits per heavy atom. The fourth-order valence-corrected chi connectivity index (χ4v) is 3.84. The molecule has 0 aromatic heterocycles. The molecule has 0 amide bonds. The summed E-state index contributed by atoms with van der Waals surface area (Å²) in [5.74, 6) is -0.193. The number of aliphatic hydroxyl groups excluding tert-OH is 1. The van der Waals surface area contributed by atoms with Crippen molar-refractivity contribution in [1.29, 1.82) is 0 Å². The summed E-state index contributed by atoms with van der Waals surface area (Å²) < 4.78 is 10.9. The fourth-order valence-electron chi connectivity index (χ4n) is 3.84. The van der Waals surface area contributed by atoms with E-state index in [0.717, 1.165) is 18.4 Å². The molecule has 0 aliphatic heterocycles. The van der Waals surface area contributed by atoms with Crippen LogP contribution in [0.5, 0.6) is 0 Å². The normalized spacial score (nSPS) is 12.1. The van der Waals surface area contributed by atoms with Crippen molar-refractivity contribution in [2.24, 2.45) is 0 Å². The Labute approximate surface area is 197 Å². The van der Waals surface area contributed by atoms with Gasteiger partial charge in [-0.05, 0) is 12.0 Å². The summed E-state index contributed by atoms with van der Waals surface area (Å²) in [5, 5.41) is 9.42. The van der Waals surface area contributed by atoms with E-state index < -0.39 is 6.10 Å². The number of ether oxygens (including phenoxy) is 2. The SMILES string of the molecule is CCCCCCCCCCCCCCCCCC(=O)OCC(CO)OCc1ccccc1. The zero-order valence-electron chi connectivity index (χ0n) is 20.6. The van der Waals surface area contributed by atoms with Gasteiger partial charge in [0.15, 0.2) is 0 Å². The summed E-state index contributed by atoms with van der Waals surface area (Å²) in [6.07, 6.45) is 19.7. The van der Waals surface area contributed by atoms with Gasteiger partial charge >= 0.3 is 5.97 Å². The van der Waals surface area contributed by atoms with E-state index in [-0.39, 0.29) is 19.2 Å². The van der Waals surface area contributed by atoms with Gasteiger partial charge in [-0.1, -0.05) is 127 Å². The van der Waals surface area contributed by atoms with Crippen LogP contribution >= 0.6 is 0 Å². The highest BCUT2D eigenvalue weighted by molar-refractivity contribution is 5.69. The third-order valence-corrected chi connectivity index (χ3v) is 5.95. The molecule has 1 N–H and O–H groups in total. The van der Waals surface area contributed by atoms with E-state index in [0.29, 0.717) is 13.0 Å². The van der Waals surface area contributed by atoms with E-state index in [9.17, 15) is 9.90 Å². The van der Waals surface area contributed by atoms with Crippen LogP contribution < -0.4 is 0 Å². The zero-order valence-corrected chi connectivity index (χ0v) is 20.6. The molecular formula is C28H48O4. The minimum Gasteiger partial charge on any atom is -0.463 e. The van der Waals surface area contributed by atoms with Crippen molar-refractivity contribution in [3.05, 3.63) is 35.9 Å². The molecule has 0 radical (unpaired) electrons. The Hall–Kier alpha value is -1.39. The average Bonchev–Trinajstić information content (AvgIpc) is 2.82. The van der Waals surface area contributed by atoms with Crippen LogP contribution in [0.3, 0.4) is 0 Å². The van der Waals surface area contributed by atoms with E-state index in [4.69, 9.17) is 9.47 Å². The maximum Gasteiger partial charge on any atom is 0.305 e. The lowest BCUT2D eigenvalue weighted by molar-refractivity contribution is -0.149. The molecule has 32 heavy (non-hydrogen) atoms. The van der Waals surface area contributed by atoms with Gasteiger partial charge in [0.25, 0.3) is 0 Å². The molecule has 184 valence electrons.